The van der Waals surface area contributed by atoms with Gasteiger partial charge in [-0.25, -0.2) is 8.42 Å². The molecule has 6 heteroatoms. The second kappa shape index (κ2) is 6.33. The number of aromatic nitrogens is 2. The SMILES string of the molecule is CCCS(=O)(=O)CCNCc1c(C)nn(C)c1C. The molecule has 0 spiro atoms. The van der Waals surface area contributed by atoms with E-state index < -0.39 is 9.84 Å². The average molecular weight is 273 g/mol. The highest BCUT2D eigenvalue weighted by Crippen LogP contribution is 2.10. The van der Waals surface area contributed by atoms with Crippen molar-refractivity contribution in [3.05, 3.63) is 17.0 Å². The Hall–Kier alpha value is -0.880. The number of sulfone groups is 1. The Bertz CT molecular complexity index is 492. The van der Waals surface area contributed by atoms with Gasteiger partial charge in [0.15, 0.2) is 9.84 Å². The van der Waals surface area contributed by atoms with Crippen LogP contribution in [0.3, 0.4) is 0 Å². The molecule has 0 aliphatic heterocycles. The lowest BCUT2D eigenvalue weighted by molar-refractivity contribution is 0.589. The van der Waals surface area contributed by atoms with Crippen LogP contribution in [0.2, 0.25) is 0 Å². The first kappa shape index (κ1) is 15.2. The zero-order valence-electron chi connectivity index (χ0n) is 11.7. The van der Waals surface area contributed by atoms with Gasteiger partial charge in [-0.15, -0.1) is 0 Å². The van der Waals surface area contributed by atoms with Crippen LogP contribution in [0.4, 0.5) is 0 Å². The Morgan fingerprint density at radius 3 is 2.44 bits per heavy atom. The normalized spacial score (nSPS) is 12.0. The van der Waals surface area contributed by atoms with Crippen LogP contribution in [0.15, 0.2) is 0 Å². The molecule has 1 aromatic rings. The van der Waals surface area contributed by atoms with Gasteiger partial charge in [0.05, 0.1) is 11.4 Å². The highest BCUT2D eigenvalue weighted by molar-refractivity contribution is 7.91. The lowest BCUT2D eigenvalue weighted by Gasteiger charge is -2.06. The Kier molecular flexibility index (Phi) is 5.34. The third-order valence-corrected chi connectivity index (χ3v) is 4.92. The van der Waals surface area contributed by atoms with Gasteiger partial charge >= 0.3 is 0 Å². The third kappa shape index (κ3) is 4.10. The van der Waals surface area contributed by atoms with Crippen LogP contribution in [-0.4, -0.2) is 36.2 Å². The van der Waals surface area contributed by atoms with Crippen LogP contribution in [0.1, 0.15) is 30.3 Å². The largest absolute Gasteiger partial charge is 0.312 e. The Balaban J connectivity index is 2.43. The van der Waals surface area contributed by atoms with Gasteiger partial charge in [0.1, 0.15) is 0 Å². The number of aryl methyl sites for hydroxylation is 2. The van der Waals surface area contributed by atoms with Crippen molar-refractivity contribution in [3.63, 3.8) is 0 Å². The molecule has 0 atom stereocenters. The zero-order valence-corrected chi connectivity index (χ0v) is 12.5. The van der Waals surface area contributed by atoms with Crippen molar-refractivity contribution in [2.45, 2.75) is 33.7 Å². The maximum Gasteiger partial charge on any atom is 0.151 e. The van der Waals surface area contributed by atoms with Crippen LogP contribution in [0, 0.1) is 13.8 Å². The molecule has 5 nitrogen and oxygen atoms in total. The van der Waals surface area contributed by atoms with Crippen LogP contribution in [0.25, 0.3) is 0 Å². The molecule has 0 saturated heterocycles. The van der Waals surface area contributed by atoms with Gasteiger partial charge in [-0.3, -0.25) is 4.68 Å². The van der Waals surface area contributed by atoms with Gasteiger partial charge in [0.2, 0.25) is 0 Å². The predicted octanol–water partition coefficient (Wildman–Crippen LogP) is 0.951. The second-order valence-corrected chi connectivity index (χ2v) is 6.91. The molecule has 1 rings (SSSR count). The lowest BCUT2D eigenvalue weighted by atomic mass is 10.2. The minimum Gasteiger partial charge on any atom is -0.312 e. The smallest absolute Gasteiger partial charge is 0.151 e. The van der Waals surface area contributed by atoms with E-state index in [-0.39, 0.29) is 11.5 Å². The topological polar surface area (TPSA) is 64.0 Å². The average Bonchev–Trinajstić information content (AvgIpc) is 2.50. The summed E-state index contributed by atoms with van der Waals surface area (Å²) in [5, 5.41) is 7.50. The fourth-order valence-corrected chi connectivity index (χ4v) is 3.21. The van der Waals surface area contributed by atoms with Gasteiger partial charge < -0.3 is 5.32 Å². The molecule has 0 aliphatic rings. The van der Waals surface area contributed by atoms with E-state index in [1.54, 1.807) is 0 Å². The van der Waals surface area contributed by atoms with E-state index in [1.165, 1.54) is 0 Å². The molecule has 0 bridgehead atoms. The molecule has 0 aliphatic carbocycles. The summed E-state index contributed by atoms with van der Waals surface area (Å²) in [6.07, 6.45) is 0.684. The fraction of sp³-hybridized carbons (Fsp3) is 0.750. The van der Waals surface area contributed by atoms with Crippen molar-refractivity contribution in [2.24, 2.45) is 7.05 Å². The number of hydrogen-bond donors (Lipinski definition) is 1. The summed E-state index contributed by atoms with van der Waals surface area (Å²) in [7, 11) is -0.970. The summed E-state index contributed by atoms with van der Waals surface area (Å²) in [6.45, 7) is 7.04. The summed E-state index contributed by atoms with van der Waals surface area (Å²) in [5.74, 6) is 0.485. The van der Waals surface area contributed by atoms with E-state index >= 15 is 0 Å². The number of rotatable bonds is 7. The molecular formula is C12H23N3O2S. The Labute approximate surface area is 109 Å². The van der Waals surface area contributed by atoms with E-state index in [9.17, 15) is 8.42 Å². The molecule has 0 amide bonds. The van der Waals surface area contributed by atoms with Gasteiger partial charge in [-0.05, 0) is 20.3 Å². The van der Waals surface area contributed by atoms with E-state index in [4.69, 9.17) is 0 Å². The molecular weight excluding hydrogens is 250 g/mol. The van der Waals surface area contributed by atoms with E-state index in [2.05, 4.69) is 10.4 Å². The van der Waals surface area contributed by atoms with Crippen molar-refractivity contribution >= 4 is 9.84 Å². The summed E-state index contributed by atoms with van der Waals surface area (Å²) in [5.41, 5.74) is 3.28. The van der Waals surface area contributed by atoms with Gasteiger partial charge in [-0.1, -0.05) is 6.92 Å². The van der Waals surface area contributed by atoms with Gasteiger partial charge in [0.25, 0.3) is 0 Å². The highest BCUT2D eigenvalue weighted by Gasteiger charge is 2.11. The molecule has 1 heterocycles. The number of hydrogen-bond acceptors (Lipinski definition) is 4. The van der Waals surface area contributed by atoms with E-state index in [0.29, 0.717) is 19.5 Å². The van der Waals surface area contributed by atoms with Crippen molar-refractivity contribution in [1.29, 1.82) is 0 Å². The van der Waals surface area contributed by atoms with Crippen LogP contribution in [-0.2, 0) is 23.4 Å². The minimum atomic E-state index is -2.88. The van der Waals surface area contributed by atoms with E-state index in [0.717, 1.165) is 17.0 Å². The zero-order chi connectivity index (χ0) is 13.8. The summed E-state index contributed by atoms with van der Waals surface area (Å²) < 4.78 is 24.9. The molecule has 18 heavy (non-hydrogen) atoms. The van der Waals surface area contributed by atoms with E-state index in [1.807, 2.05) is 32.5 Å². The van der Waals surface area contributed by atoms with Gasteiger partial charge in [0, 0.05) is 37.1 Å². The summed E-state index contributed by atoms with van der Waals surface area (Å²) in [4.78, 5) is 0. The molecule has 0 aromatic carbocycles. The van der Waals surface area contributed by atoms with Crippen molar-refractivity contribution < 1.29 is 8.42 Å². The summed E-state index contributed by atoms with van der Waals surface area (Å²) >= 11 is 0. The standard InChI is InChI=1S/C12H23N3O2S/c1-5-7-18(16,17)8-6-13-9-12-10(2)14-15(4)11(12)3/h13H,5-9H2,1-4H3. The lowest BCUT2D eigenvalue weighted by Crippen LogP contribution is -2.24. The highest BCUT2D eigenvalue weighted by atomic mass is 32.2. The van der Waals surface area contributed by atoms with Crippen molar-refractivity contribution in [2.75, 3.05) is 18.1 Å². The minimum absolute atomic E-state index is 0.208. The number of nitrogens with one attached hydrogen (secondary N) is 1. The molecule has 0 fully saturated rings. The van der Waals surface area contributed by atoms with Crippen LogP contribution < -0.4 is 5.32 Å². The monoisotopic (exact) mass is 273 g/mol. The molecule has 1 aromatic heterocycles. The molecule has 0 radical (unpaired) electrons. The molecule has 0 unspecified atom stereocenters. The fourth-order valence-electron chi connectivity index (χ4n) is 1.93. The predicted molar refractivity (Wildman–Crippen MR) is 73.3 cm³/mol. The van der Waals surface area contributed by atoms with Crippen molar-refractivity contribution in [3.8, 4) is 0 Å². The van der Waals surface area contributed by atoms with Crippen molar-refractivity contribution in [1.82, 2.24) is 15.1 Å². The first-order valence-corrected chi connectivity index (χ1v) is 8.09. The maximum atomic E-state index is 11.5. The Morgan fingerprint density at radius 1 is 1.28 bits per heavy atom. The Morgan fingerprint density at radius 2 is 1.94 bits per heavy atom. The van der Waals surface area contributed by atoms with Crippen LogP contribution >= 0.6 is 0 Å². The molecule has 104 valence electrons. The maximum absolute atomic E-state index is 11.5. The summed E-state index contributed by atoms with van der Waals surface area (Å²) in [6, 6.07) is 0. The number of nitrogens with zero attached hydrogens (tertiary/aromatic N) is 2. The molecule has 0 saturated carbocycles. The van der Waals surface area contributed by atoms with Crippen LogP contribution in [0.5, 0.6) is 0 Å². The molecule has 1 N–H and O–H groups in total. The first-order chi connectivity index (χ1) is 8.37. The second-order valence-electron chi connectivity index (χ2n) is 4.60. The third-order valence-electron chi connectivity index (χ3n) is 3.07. The quantitative estimate of drug-likeness (QED) is 0.751. The van der Waals surface area contributed by atoms with Gasteiger partial charge in [-0.2, -0.15) is 5.10 Å². The first-order valence-electron chi connectivity index (χ1n) is 6.27.